The van der Waals surface area contributed by atoms with Crippen molar-refractivity contribution in [2.24, 2.45) is 0 Å². The third-order valence-corrected chi connectivity index (χ3v) is 6.77. The minimum absolute atomic E-state index is 0.137. The molecule has 0 aliphatic carbocycles. The van der Waals surface area contributed by atoms with Gasteiger partial charge in [-0.05, 0) is 30.7 Å². The van der Waals surface area contributed by atoms with Gasteiger partial charge < -0.3 is 25.4 Å². The van der Waals surface area contributed by atoms with Crippen molar-refractivity contribution < 1.29 is 23.0 Å². The Balaban J connectivity index is 1.35. The molecule has 3 aromatic heterocycles. The Labute approximate surface area is 210 Å². The van der Waals surface area contributed by atoms with Gasteiger partial charge in [0.05, 0.1) is 42.1 Å². The highest BCUT2D eigenvalue weighted by Crippen LogP contribution is 2.40. The number of ether oxygens (including phenoxy) is 2. The molecule has 2 aliphatic rings. The smallest absolute Gasteiger partial charge is 0.387 e. The molecule has 1 saturated heterocycles. The second-order valence-corrected chi connectivity index (χ2v) is 9.11. The van der Waals surface area contributed by atoms with Gasteiger partial charge in [0.2, 0.25) is 0 Å². The molecule has 10 nitrogen and oxygen atoms in total. The van der Waals surface area contributed by atoms with Crippen LogP contribution in [-0.4, -0.2) is 57.0 Å². The third kappa shape index (κ3) is 4.53. The molecule has 36 heavy (non-hydrogen) atoms. The zero-order valence-electron chi connectivity index (χ0n) is 19.3. The largest absolute Gasteiger partial charge is 0.431 e. The Morgan fingerprint density at radius 1 is 1.33 bits per heavy atom. The number of aromatic nitrogens is 4. The number of rotatable bonds is 5. The van der Waals surface area contributed by atoms with Crippen molar-refractivity contribution in [3.05, 3.63) is 53.1 Å². The molecule has 13 heteroatoms. The van der Waals surface area contributed by atoms with Crippen LogP contribution < -0.4 is 15.8 Å². The molecular weight excluding hydrogens is 496 g/mol. The fraction of sp³-hybridized carbons (Fsp3) is 0.391. The van der Waals surface area contributed by atoms with Gasteiger partial charge in [-0.1, -0.05) is 11.6 Å². The summed E-state index contributed by atoms with van der Waals surface area (Å²) in [5.41, 5.74) is 7.50. The summed E-state index contributed by atoms with van der Waals surface area (Å²) in [5.74, 6) is -0.353. The minimum atomic E-state index is -3.02. The SMILES string of the molecule is CC(NC(=O)N1CCC2(C1)OCCn1nc(-c3cnc(N)c(OC(F)F)c3)cc12)c1ccncc1Cl. The zero-order chi connectivity index (χ0) is 25.4. The first kappa shape index (κ1) is 24.2. The van der Waals surface area contributed by atoms with Gasteiger partial charge in [-0.25, -0.2) is 9.78 Å². The molecule has 3 N–H and O–H groups in total. The van der Waals surface area contributed by atoms with Gasteiger partial charge in [-0.3, -0.25) is 9.67 Å². The summed E-state index contributed by atoms with van der Waals surface area (Å²) < 4.78 is 38.0. The average molecular weight is 520 g/mol. The number of fused-ring (bicyclic) bond motifs is 2. The number of hydrogen-bond donors (Lipinski definition) is 2. The van der Waals surface area contributed by atoms with Crippen LogP contribution in [0.4, 0.5) is 19.4 Å². The first-order valence-electron chi connectivity index (χ1n) is 11.3. The topological polar surface area (TPSA) is 120 Å². The van der Waals surface area contributed by atoms with E-state index in [0.29, 0.717) is 48.9 Å². The number of nitrogens with two attached hydrogens (primary N) is 1. The van der Waals surface area contributed by atoms with E-state index >= 15 is 0 Å². The summed E-state index contributed by atoms with van der Waals surface area (Å²) in [7, 11) is 0. The Morgan fingerprint density at radius 3 is 2.94 bits per heavy atom. The normalized spacial score (nSPS) is 20.0. The van der Waals surface area contributed by atoms with E-state index in [4.69, 9.17) is 22.1 Å². The highest BCUT2D eigenvalue weighted by molar-refractivity contribution is 6.31. The van der Waals surface area contributed by atoms with Crippen LogP contribution in [0.1, 0.15) is 30.6 Å². The van der Waals surface area contributed by atoms with Crippen molar-refractivity contribution in [3.63, 3.8) is 0 Å². The van der Waals surface area contributed by atoms with Gasteiger partial charge in [0, 0.05) is 37.1 Å². The van der Waals surface area contributed by atoms with Crippen molar-refractivity contribution in [3.8, 4) is 17.0 Å². The molecule has 2 unspecified atom stereocenters. The van der Waals surface area contributed by atoms with Crippen LogP contribution in [0.25, 0.3) is 11.3 Å². The summed E-state index contributed by atoms with van der Waals surface area (Å²) in [4.78, 5) is 22.7. The summed E-state index contributed by atoms with van der Waals surface area (Å²) in [6, 6.07) is 4.45. The fourth-order valence-electron chi connectivity index (χ4n) is 4.66. The molecule has 0 saturated carbocycles. The van der Waals surface area contributed by atoms with E-state index in [9.17, 15) is 13.6 Å². The number of likely N-dealkylation sites (tertiary alicyclic amines) is 1. The number of urea groups is 1. The summed E-state index contributed by atoms with van der Waals surface area (Å²) in [6.07, 6.45) is 5.20. The maximum absolute atomic E-state index is 13.0. The first-order chi connectivity index (χ1) is 17.3. The van der Waals surface area contributed by atoms with Crippen LogP contribution in [0.2, 0.25) is 5.02 Å². The predicted molar refractivity (Wildman–Crippen MR) is 127 cm³/mol. The van der Waals surface area contributed by atoms with Crippen LogP contribution >= 0.6 is 11.6 Å². The number of alkyl halides is 2. The second kappa shape index (κ2) is 9.51. The number of nitrogen functional groups attached to an aromatic ring is 1. The Hall–Kier alpha value is -3.51. The van der Waals surface area contributed by atoms with E-state index in [1.807, 2.05) is 17.7 Å². The first-order valence-corrected chi connectivity index (χ1v) is 11.7. The van der Waals surface area contributed by atoms with Gasteiger partial charge in [0.25, 0.3) is 0 Å². The number of hydrogen-bond acceptors (Lipinski definition) is 7. The lowest BCUT2D eigenvalue weighted by Crippen LogP contribution is -2.44. The van der Waals surface area contributed by atoms with Gasteiger partial charge in [0.1, 0.15) is 5.60 Å². The Morgan fingerprint density at radius 2 is 2.17 bits per heavy atom. The van der Waals surface area contributed by atoms with Gasteiger partial charge in [0.15, 0.2) is 11.6 Å². The Bertz CT molecular complexity index is 1290. The lowest BCUT2D eigenvalue weighted by atomic mass is 9.96. The number of carbonyl (C=O) groups is 1. The van der Waals surface area contributed by atoms with Crippen LogP contribution in [0.15, 0.2) is 36.8 Å². The summed E-state index contributed by atoms with van der Waals surface area (Å²) >= 11 is 6.22. The minimum Gasteiger partial charge on any atom is -0.431 e. The number of carbonyl (C=O) groups excluding carboxylic acids is 1. The summed E-state index contributed by atoms with van der Waals surface area (Å²) in [6.45, 7) is 0.593. The number of pyridine rings is 2. The quantitative estimate of drug-likeness (QED) is 0.528. The van der Waals surface area contributed by atoms with Crippen LogP contribution in [0.5, 0.6) is 5.75 Å². The number of halogens is 3. The molecule has 1 fully saturated rings. The monoisotopic (exact) mass is 519 g/mol. The number of nitrogens with zero attached hydrogens (tertiary/aromatic N) is 5. The van der Waals surface area contributed by atoms with E-state index in [1.165, 1.54) is 18.5 Å². The van der Waals surface area contributed by atoms with E-state index in [1.54, 1.807) is 17.2 Å². The molecule has 0 bridgehead atoms. The van der Waals surface area contributed by atoms with Crippen molar-refractivity contribution in [1.29, 1.82) is 0 Å². The molecular formula is C23H24ClF2N7O3. The lowest BCUT2D eigenvalue weighted by Gasteiger charge is -2.34. The second-order valence-electron chi connectivity index (χ2n) is 8.71. The molecule has 5 heterocycles. The molecule has 2 aliphatic heterocycles. The van der Waals surface area contributed by atoms with E-state index in [2.05, 4.69) is 25.1 Å². The maximum atomic E-state index is 13.0. The molecule has 190 valence electrons. The van der Waals surface area contributed by atoms with Crippen molar-refractivity contribution in [2.75, 3.05) is 25.4 Å². The molecule has 1 spiro atoms. The van der Waals surface area contributed by atoms with Crippen molar-refractivity contribution >= 4 is 23.4 Å². The fourth-order valence-corrected chi connectivity index (χ4v) is 4.94. The third-order valence-electron chi connectivity index (χ3n) is 6.45. The molecule has 3 aromatic rings. The lowest BCUT2D eigenvalue weighted by molar-refractivity contribution is -0.0701. The number of nitrogens with one attached hydrogen (secondary N) is 1. The van der Waals surface area contributed by atoms with Gasteiger partial charge in [-0.15, -0.1) is 0 Å². The number of amides is 2. The van der Waals surface area contributed by atoms with Crippen molar-refractivity contribution in [1.82, 2.24) is 30.0 Å². The van der Waals surface area contributed by atoms with Crippen LogP contribution in [0.3, 0.4) is 0 Å². The highest BCUT2D eigenvalue weighted by Gasteiger charge is 2.47. The van der Waals surface area contributed by atoms with E-state index < -0.39 is 12.2 Å². The van der Waals surface area contributed by atoms with E-state index in [0.717, 1.165) is 11.3 Å². The predicted octanol–water partition coefficient (Wildman–Crippen LogP) is 3.58. The number of anilines is 1. The standard InChI is InChI=1S/C23H24ClF2N7O3/c1-13(15-2-4-28-11-16(15)24)30-22(34)32-5-3-23(12-32)19-9-17(31-33(19)6-7-35-23)14-8-18(36-21(25)26)20(27)29-10-14/h2,4,8-11,13,21H,3,5-7,12H2,1H3,(H2,27,29)(H,30,34). The van der Waals surface area contributed by atoms with Gasteiger partial charge >= 0.3 is 12.6 Å². The highest BCUT2D eigenvalue weighted by atomic mass is 35.5. The Kier molecular flexibility index (Phi) is 6.39. The zero-order valence-corrected chi connectivity index (χ0v) is 20.1. The van der Waals surface area contributed by atoms with Crippen LogP contribution in [0, 0.1) is 0 Å². The molecule has 2 atom stereocenters. The van der Waals surface area contributed by atoms with E-state index in [-0.39, 0.29) is 23.6 Å². The van der Waals surface area contributed by atoms with Gasteiger partial charge in [-0.2, -0.15) is 13.9 Å². The summed E-state index contributed by atoms with van der Waals surface area (Å²) in [5, 5.41) is 8.10. The molecule has 0 aromatic carbocycles. The average Bonchev–Trinajstić information content (AvgIpc) is 3.47. The van der Waals surface area contributed by atoms with Crippen LogP contribution in [-0.2, 0) is 16.9 Å². The molecule has 0 radical (unpaired) electrons. The van der Waals surface area contributed by atoms with Crippen molar-refractivity contribution in [2.45, 2.75) is 38.1 Å². The maximum Gasteiger partial charge on any atom is 0.387 e. The molecule has 5 rings (SSSR count). The molecule has 2 amide bonds.